The number of aryl methyl sites for hydroxylation is 2. The van der Waals surface area contributed by atoms with E-state index in [1.807, 2.05) is 32.2 Å². The first-order valence-electron chi connectivity index (χ1n) is 7.04. The number of rotatable bonds is 5. The van der Waals surface area contributed by atoms with Gasteiger partial charge in [-0.15, -0.1) is 0 Å². The third kappa shape index (κ3) is 2.85. The van der Waals surface area contributed by atoms with Crippen LogP contribution in [-0.4, -0.2) is 16.3 Å². The Hall–Kier alpha value is -1.81. The fourth-order valence-corrected chi connectivity index (χ4v) is 2.40. The topological polar surface area (TPSA) is 53.1 Å². The first kappa shape index (κ1) is 14.6. The van der Waals surface area contributed by atoms with Crippen LogP contribution in [-0.2, 0) is 13.5 Å². The van der Waals surface area contributed by atoms with E-state index < -0.39 is 0 Å². The van der Waals surface area contributed by atoms with E-state index in [1.165, 1.54) is 5.56 Å². The normalized spacial score (nSPS) is 11.1. The Morgan fingerprint density at radius 2 is 2.00 bits per heavy atom. The summed E-state index contributed by atoms with van der Waals surface area (Å²) in [5, 5.41) is 4.44. The highest BCUT2D eigenvalue weighted by Gasteiger charge is 2.16. The molecular weight excluding hydrogens is 250 g/mol. The summed E-state index contributed by atoms with van der Waals surface area (Å²) in [4.78, 5) is 0. The molecule has 0 spiro atoms. The van der Waals surface area contributed by atoms with Crippen LogP contribution in [0.1, 0.15) is 36.6 Å². The zero-order valence-electron chi connectivity index (χ0n) is 12.7. The molecule has 0 bridgehead atoms. The molecule has 0 saturated carbocycles. The Kier molecular flexibility index (Phi) is 4.45. The summed E-state index contributed by atoms with van der Waals surface area (Å²) in [5.74, 6) is 2.10. The van der Waals surface area contributed by atoms with E-state index in [2.05, 4.69) is 25.0 Å². The third-order valence-electron chi connectivity index (χ3n) is 3.43. The first-order valence-corrected chi connectivity index (χ1v) is 7.04. The van der Waals surface area contributed by atoms with Gasteiger partial charge in [0.05, 0.1) is 5.69 Å². The fraction of sp³-hybridized carbons (Fsp3) is 0.438. The van der Waals surface area contributed by atoms with Gasteiger partial charge in [0.25, 0.3) is 0 Å². The summed E-state index contributed by atoms with van der Waals surface area (Å²) in [6.07, 6.45) is 0.777. The molecule has 2 N–H and O–H groups in total. The SMILES string of the molecule is Cc1nn(C)c(Oc2ccccc2C(C)C)c1CCN. The van der Waals surface area contributed by atoms with Crippen molar-refractivity contribution in [2.24, 2.45) is 12.8 Å². The Morgan fingerprint density at radius 3 is 2.65 bits per heavy atom. The number of aromatic nitrogens is 2. The summed E-state index contributed by atoms with van der Waals surface area (Å²) < 4.78 is 7.94. The second-order valence-electron chi connectivity index (χ2n) is 5.33. The standard InChI is InChI=1S/C16H23N3O/c1-11(2)13-7-5-6-8-15(13)20-16-14(9-10-17)12(3)18-19(16)4/h5-8,11H,9-10,17H2,1-4H3. The number of benzene rings is 1. The van der Waals surface area contributed by atoms with Gasteiger partial charge in [0, 0.05) is 12.6 Å². The Labute approximate surface area is 120 Å². The van der Waals surface area contributed by atoms with Gasteiger partial charge in [-0.1, -0.05) is 32.0 Å². The number of hydrogen-bond donors (Lipinski definition) is 1. The molecule has 4 nitrogen and oxygen atoms in total. The number of para-hydroxylation sites is 1. The highest BCUT2D eigenvalue weighted by molar-refractivity contribution is 5.41. The largest absolute Gasteiger partial charge is 0.439 e. The molecule has 0 aliphatic carbocycles. The van der Waals surface area contributed by atoms with Gasteiger partial charge in [-0.25, -0.2) is 4.68 Å². The van der Waals surface area contributed by atoms with Crippen molar-refractivity contribution in [2.45, 2.75) is 33.1 Å². The summed E-state index contributed by atoms with van der Waals surface area (Å²) in [6.45, 7) is 6.91. The molecule has 108 valence electrons. The van der Waals surface area contributed by atoms with E-state index in [4.69, 9.17) is 10.5 Å². The molecule has 0 unspecified atom stereocenters. The maximum atomic E-state index is 6.15. The van der Waals surface area contributed by atoms with Crippen molar-refractivity contribution in [3.63, 3.8) is 0 Å². The first-order chi connectivity index (χ1) is 9.54. The van der Waals surface area contributed by atoms with Crippen LogP contribution < -0.4 is 10.5 Å². The molecular formula is C16H23N3O. The van der Waals surface area contributed by atoms with Crippen molar-refractivity contribution in [1.29, 1.82) is 0 Å². The third-order valence-corrected chi connectivity index (χ3v) is 3.43. The smallest absolute Gasteiger partial charge is 0.221 e. The minimum atomic E-state index is 0.415. The average molecular weight is 273 g/mol. The molecule has 0 fully saturated rings. The molecule has 0 atom stereocenters. The van der Waals surface area contributed by atoms with Gasteiger partial charge in [-0.3, -0.25) is 0 Å². The molecule has 0 amide bonds. The maximum Gasteiger partial charge on any atom is 0.221 e. The lowest BCUT2D eigenvalue weighted by molar-refractivity contribution is 0.419. The number of nitrogens with zero attached hydrogens (tertiary/aromatic N) is 2. The number of hydrogen-bond acceptors (Lipinski definition) is 3. The highest BCUT2D eigenvalue weighted by Crippen LogP contribution is 2.32. The lowest BCUT2D eigenvalue weighted by atomic mass is 10.0. The van der Waals surface area contributed by atoms with E-state index in [0.717, 1.165) is 29.3 Å². The Balaban J connectivity index is 2.40. The molecule has 0 aliphatic rings. The van der Waals surface area contributed by atoms with E-state index in [-0.39, 0.29) is 0 Å². The number of nitrogens with two attached hydrogens (primary N) is 1. The van der Waals surface area contributed by atoms with Crippen LogP contribution in [0, 0.1) is 6.92 Å². The fourth-order valence-electron chi connectivity index (χ4n) is 2.40. The predicted octanol–water partition coefficient (Wildman–Crippen LogP) is 3.15. The minimum Gasteiger partial charge on any atom is -0.439 e. The van der Waals surface area contributed by atoms with Crippen molar-refractivity contribution in [1.82, 2.24) is 9.78 Å². The average Bonchev–Trinajstić information content (AvgIpc) is 2.66. The number of ether oxygens (including phenoxy) is 1. The van der Waals surface area contributed by atoms with Crippen molar-refractivity contribution in [2.75, 3.05) is 6.54 Å². The summed E-state index contributed by atoms with van der Waals surface area (Å²) >= 11 is 0. The molecule has 1 heterocycles. The Morgan fingerprint density at radius 1 is 1.30 bits per heavy atom. The van der Waals surface area contributed by atoms with Crippen molar-refractivity contribution >= 4 is 0 Å². The Bertz CT molecular complexity index is 587. The lowest BCUT2D eigenvalue weighted by Gasteiger charge is -2.14. The van der Waals surface area contributed by atoms with Crippen LogP contribution in [0.5, 0.6) is 11.6 Å². The van der Waals surface area contributed by atoms with Gasteiger partial charge in [0.15, 0.2) is 0 Å². The van der Waals surface area contributed by atoms with Gasteiger partial charge in [0.1, 0.15) is 5.75 Å². The van der Waals surface area contributed by atoms with Gasteiger partial charge < -0.3 is 10.5 Å². The lowest BCUT2D eigenvalue weighted by Crippen LogP contribution is -2.05. The molecule has 2 aromatic rings. The zero-order chi connectivity index (χ0) is 14.7. The van der Waals surface area contributed by atoms with E-state index >= 15 is 0 Å². The monoisotopic (exact) mass is 273 g/mol. The van der Waals surface area contributed by atoms with E-state index in [0.29, 0.717) is 12.5 Å². The van der Waals surface area contributed by atoms with Gasteiger partial charge >= 0.3 is 0 Å². The van der Waals surface area contributed by atoms with Crippen LogP contribution >= 0.6 is 0 Å². The molecule has 4 heteroatoms. The van der Waals surface area contributed by atoms with Crippen molar-refractivity contribution in [3.05, 3.63) is 41.1 Å². The molecule has 0 saturated heterocycles. The van der Waals surface area contributed by atoms with Crippen LogP contribution in [0.3, 0.4) is 0 Å². The molecule has 0 radical (unpaired) electrons. The molecule has 0 aliphatic heterocycles. The summed E-state index contributed by atoms with van der Waals surface area (Å²) in [6, 6.07) is 8.14. The summed E-state index contributed by atoms with van der Waals surface area (Å²) in [5.41, 5.74) is 8.96. The molecule has 20 heavy (non-hydrogen) atoms. The molecule has 2 rings (SSSR count). The minimum absolute atomic E-state index is 0.415. The second-order valence-corrected chi connectivity index (χ2v) is 5.33. The van der Waals surface area contributed by atoms with Crippen LogP contribution in [0.25, 0.3) is 0 Å². The highest BCUT2D eigenvalue weighted by atomic mass is 16.5. The maximum absolute atomic E-state index is 6.15. The van der Waals surface area contributed by atoms with Crippen LogP contribution in [0.2, 0.25) is 0 Å². The van der Waals surface area contributed by atoms with Crippen LogP contribution in [0.4, 0.5) is 0 Å². The van der Waals surface area contributed by atoms with E-state index in [9.17, 15) is 0 Å². The second kappa shape index (κ2) is 6.09. The molecule has 1 aromatic heterocycles. The van der Waals surface area contributed by atoms with Crippen molar-refractivity contribution in [3.8, 4) is 11.6 Å². The van der Waals surface area contributed by atoms with E-state index in [1.54, 1.807) is 4.68 Å². The molecule has 1 aromatic carbocycles. The summed E-state index contributed by atoms with van der Waals surface area (Å²) in [7, 11) is 1.90. The van der Waals surface area contributed by atoms with Gasteiger partial charge in [-0.2, -0.15) is 5.10 Å². The van der Waals surface area contributed by atoms with Gasteiger partial charge in [-0.05, 0) is 37.4 Å². The quantitative estimate of drug-likeness (QED) is 0.910. The van der Waals surface area contributed by atoms with Crippen LogP contribution in [0.15, 0.2) is 24.3 Å². The predicted molar refractivity (Wildman–Crippen MR) is 81.3 cm³/mol. The zero-order valence-corrected chi connectivity index (χ0v) is 12.7. The van der Waals surface area contributed by atoms with Crippen molar-refractivity contribution < 1.29 is 4.74 Å². The van der Waals surface area contributed by atoms with Gasteiger partial charge in [0.2, 0.25) is 5.88 Å².